The summed E-state index contributed by atoms with van der Waals surface area (Å²) in [4.78, 5) is 29.2. The number of ether oxygens (including phenoxy) is 1. The molecule has 0 radical (unpaired) electrons. The van der Waals surface area contributed by atoms with Crippen molar-refractivity contribution in [1.29, 1.82) is 0 Å². The second kappa shape index (κ2) is 8.55. The number of carbonyl (C=O) groups excluding carboxylic acids is 2. The summed E-state index contributed by atoms with van der Waals surface area (Å²) < 4.78 is 5.14. The zero-order valence-corrected chi connectivity index (χ0v) is 16.8. The second-order valence-corrected chi connectivity index (χ2v) is 7.68. The molecule has 2 fully saturated rings. The molecule has 2 saturated heterocycles. The minimum absolute atomic E-state index is 0.00326. The minimum Gasteiger partial charge on any atom is -0.497 e. The van der Waals surface area contributed by atoms with Crippen molar-refractivity contribution in [3.8, 4) is 5.75 Å². The highest BCUT2D eigenvalue weighted by molar-refractivity contribution is 6.00. The first-order chi connectivity index (χ1) is 14.1. The van der Waals surface area contributed by atoms with Crippen molar-refractivity contribution in [2.45, 2.75) is 25.8 Å². The van der Waals surface area contributed by atoms with Gasteiger partial charge in [-0.3, -0.25) is 9.59 Å². The van der Waals surface area contributed by atoms with Crippen LogP contribution in [0.3, 0.4) is 0 Å². The Bertz CT molecular complexity index is 858. The lowest BCUT2D eigenvalue weighted by Crippen LogP contribution is -2.32. The van der Waals surface area contributed by atoms with Gasteiger partial charge in [-0.15, -0.1) is 0 Å². The summed E-state index contributed by atoms with van der Waals surface area (Å²) in [6, 6.07) is 15.7. The average molecular weight is 393 g/mol. The number of anilines is 2. The fourth-order valence-electron chi connectivity index (χ4n) is 4.03. The monoisotopic (exact) mass is 393 g/mol. The van der Waals surface area contributed by atoms with Gasteiger partial charge in [0.2, 0.25) is 11.8 Å². The van der Waals surface area contributed by atoms with Crippen LogP contribution >= 0.6 is 0 Å². The van der Waals surface area contributed by atoms with E-state index in [0.29, 0.717) is 13.1 Å². The van der Waals surface area contributed by atoms with E-state index in [9.17, 15) is 9.59 Å². The minimum atomic E-state index is -0.320. The molecule has 2 aromatic carbocycles. The third-order valence-electron chi connectivity index (χ3n) is 5.75. The molecule has 1 N–H and O–H groups in total. The van der Waals surface area contributed by atoms with Gasteiger partial charge >= 0.3 is 0 Å². The van der Waals surface area contributed by atoms with Gasteiger partial charge in [-0.2, -0.15) is 0 Å². The molecule has 1 unspecified atom stereocenters. The Balaban J connectivity index is 1.33. The van der Waals surface area contributed by atoms with E-state index in [2.05, 4.69) is 22.3 Å². The number of amides is 2. The zero-order valence-electron chi connectivity index (χ0n) is 16.8. The highest BCUT2D eigenvalue weighted by Crippen LogP contribution is 2.28. The molecule has 0 bridgehead atoms. The lowest BCUT2D eigenvalue weighted by atomic mass is 10.1. The van der Waals surface area contributed by atoms with Gasteiger partial charge in [0, 0.05) is 44.0 Å². The first-order valence-corrected chi connectivity index (χ1v) is 10.2. The second-order valence-electron chi connectivity index (χ2n) is 7.68. The molecular weight excluding hydrogens is 366 g/mol. The molecule has 2 aliphatic rings. The van der Waals surface area contributed by atoms with Crippen LogP contribution in [0.1, 0.15) is 24.8 Å². The van der Waals surface area contributed by atoms with Gasteiger partial charge < -0.3 is 19.9 Å². The fourth-order valence-corrected chi connectivity index (χ4v) is 4.03. The van der Waals surface area contributed by atoms with E-state index < -0.39 is 0 Å². The third kappa shape index (κ3) is 4.36. The molecule has 2 aromatic rings. The number of nitrogens with one attached hydrogen (secondary N) is 1. The average Bonchev–Trinajstić information content (AvgIpc) is 3.43. The Morgan fingerprint density at radius 2 is 1.69 bits per heavy atom. The largest absolute Gasteiger partial charge is 0.497 e. The molecule has 2 aliphatic heterocycles. The van der Waals surface area contributed by atoms with Gasteiger partial charge in [0.15, 0.2) is 0 Å². The Kier molecular flexibility index (Phi) is 5.69. The van der Waals surface area contributed by atoms with Gasteiger partial charge in [0.1, 0.15) is 5.75 Å². The van der Waals surface area contributed by atoms with Crippen LogP contribution in [0, 0.1) is 5.92 Å². The normalized spacial score (nSPS) is 18.9. The number of rotatable bonds is 6. The van der Waals surface area contributed by atoms with Gasteiger partial charge in [0.05, 0.1) is 13.0 Å². The summed E-state index contributed by atoms with van der Waals surface area (Å²) in [6.45, 7) is 3.06. The number of nitrogens with zero attached hydrogens (tertiary/aromatic N) is 2. The molecule has 0 saturated carbocycles. The van der Waals surface area contributed by atoms with Crippen molar-refractivity contribution in [2.24, 2.45) is 5.92 Å². The maximum Gasteiger partial charge on any atom is 0.227 e. The lowest BCUT2D eigenvalue weighted by Gasteiger charge is -2.20. The smallest absolute Gasteiger partial charge is 0.227 e. The van der Waals surface area contributed by atoms with Gasteiger partial charge in [-0.05, 0) is 54.8 Å². The predicted octanol–water partition coefficient (Wildman–Crippen LogP) is 2.96. The molecular formula is C23H27N3O3. The van der Waals surface area contributed by atoms with E-state index in [1.807, 2.05) is 36.4 Å². The van der Waals surface area contributed by atoms with E-state index in [-0.39, 0.29) is 24.2 Å². The molecule has 1 atom stereocenters. The molecule has 6 heteroatoms. The third-order valence-corrected chi connectivity index (χ3v) is 5.75. The van der Waals surface area contributed by atoms with Crippen molar-refractivity contribution in [1.82, 2.24) is 5.32 Å². The first kappa shape index (κ1) is 19.3. The van der Waals surface area contributed by atoms with E-state index >= 15 is 0 Å². The molecule has 6 nitrogen and oxygen atoms in total. The topological polar surface area (TPSA) is 61.9 Å². The first-order valence-electron chi connectivity index (χ1n) is 10.2. The molecule has 0 aliphatic carbocycles. The van der Waals surface area contributed by atoms with Crippen LogP contribution in [-0.4, -0.2) is 38.6 Å². The molecule has 2 amide bonds. The van der Waals surface area contributed by atoms with Crippen LogP contribution in [-0.2, 0) is 16.1 Å². The van der Waals surface area contributed by atoms with Crippen LogP contribution in [0.5, 0.6) is 5.75 Å². The number of methoxy groups -OCH3 is 1. The van der Waals surface area contributed by atoms with Gasteiger partial charge in [-0.1, -0.05) is 12.1 Å². The summed E-state index contributed by atoms with van der Waals surface area (Å²) in [5.41, 5.74) is 3.06. The summed E-state index contributed by atoms with van der Waals surface area (Å²) >= 11 is 0. The maximum absolute atomic E-state index is 12.6. The Morgan fingerprint density at radius 3 is 2.34 bits per heavy atom. The number of hydrogen-bond donors (Lipinski definition) is 1. The Hall–Kier alpha value is -3.02. The van der Waals surface area contributed by atoms with Gasteiger partial charge in [0.25, 0.3) is 0 Å². The zero-order chi connectivity index (χ0) is 20.2. The van der Waals surface area contributed by atoms with Crippen molar-refractivity contribution >= 4 is 23.2 Å². The maximum atomic E-state index is 12.6. The van der Waals surface area contributed by atoms with Crippen LogP contribution in [0.4, 0.5) is 11.4 Å². The van der Waals surface area contributed by atoms with Crippen molar-refractivity contribution in [2.75, 3.05) is 36.5 Å². The van der Waals surface area contributed by atoms with E-state index in [4.69, 9.17) is 4.74 Å². The van der Waals surface area contributed by atoms with Crippen LogP contribution in [0.25, 0.3) is 0 Å². The highest BCUT2D eigenvalue weighted by Gasteiger charge is 2.35. The molecule has 4 rings (SSSR count). The van der Waals surface area contributed by atoms with E-state index in [1.165, 1.54) is 18.5 Å². The molecule has 0 aromatic heterocycles. The van der Waals surface area contributed by atoms with E-state index in [1.54, 1.807) is 12.0 Å². The summed E-state index contributed by atoms with van der Waals surface area (Å²) in [5.74, 6) is 0.390. The van der Waals surface area contributed by atoms with Gasteiger partial charge in [-0.25, -0.2) is 0 Å². The number of benzene rings is 2. The van der Waals surface area contributed by atoms with Crippen molar-refractivity contribution in [3.05, 3.63) is 54.1 Å². The Labute approximate surface area is 171 Å². The van der Waals surface area contributed by atoms with Crippen LogP contribution < -0.4 is 19.9 Å². The standard InChI is InChI=1S/C23H27N3O3/c1-29-21-10-4-17(5-11-21)15-24-23(28)18-14-22(27)26(16-18)20-8-6-19(7-9-20)25-12-2-3-13-25/h4-11,18H,2-3,12-16H2,1H3,(H,24,28). The lowest BCUT2D eigenvalue weighted by molar-refractivity contribution is -0.126. The molecule has 0 spiro atoms. The number of hydrogen-bond acceptors (Lipinski definition) is 4. The summed E-state index contributed by atoms with van der Waals surface area (Å²) in [5, 5.41) is 2.95. The highest BCUT2D eigenvalue weighted by atomic mass is 16.5. The van der Waals surface area contributed by atoms with Crippen molar-refractivity contribution in [3.63, 3.8) is 0 Å². The molecule has 2 heterocycles. The Morgan fingerprint density at radius 1 is 1.03 bits per heavy atom. The van der Waals surface area contributed by atoms with E-state index in [0.717, 1.165) is 30.1 Å². The van der Waals surface area contributed by atoms with Crippen LogP contribution in [0.2, 0.25) is 0 Å². The molecule has 29 heavy (non-hydrogen) atoms. The van der Waals surface area contributed by atoms with Crippen molar-refractivity contribution < 1.29 is 14.3 Å². The fraction of sp³-hybridized carbons (Fsp3) is 0.391. The van der Waals surface area contributed by atoms with Crippen LogP contribution in [0.15, 0.2) is 48.5 Å². The quantitative estimate of drug-likeness (QED) is 0.820. The molecule has 152 valence electrons. The SMILES string of the molecule is COc1ccc(CNC(=O)C2CC(=O)N(c3ccc(N4CCCC4)cc3)C2)cc1. The predicted molar refractivity (Wildman–Crippen MR) is 113 cm³/mol. The number of carbonyl (C=O) groups is 2. The summed E-state index contributed by atoms with van der Waals surface area (Å²) in [7, 11) is 1.62. The summed E-state index contributed by atoms with van der Waals surface area (Å²) in [6.07, 6.45) is 2.72.